The first-order chi connectivity index (χ1) is 14.2. The molecule has 0 aromatic heterocycles. The number of hydrogen-bond acceptors (Lipinski definition) is 3. The number of sulfonamides is 1. The summed E-state index contributed by atoms with van der Waals surface area (Å²) in [7, 11) is -3.81. The van der Waals surface area contributed by atoms with Gasteiger partial charge in [0, 0.05) is 10.6 Å². The molecular formula is C23H23ClN2O3S. The molecule has 0 bridgehead atoms. The van der Waals surface area contributed by atoms with E-state index in [2.05, 4.69) is 10.0 Å². The highest BCUT2D eigenvalue weighted by molar-refractivity contribution is 7.92. The predicted molar refractivity (Wildman–Crippen MR) is 120 cm³/mol. The standard InChI is InChI=1S/C23H23ClN2O3S/c1-15-4-7-18(8-5-15)17(3)25-23(27)19-9-6-16(2)22(14-19)26-30(28,29)21-12-10-20(24)11-13-21/h4-14,17,26H,1-3H3,(H,25,27)/t17-/m1/s1. The smallest absolute Gasteiger partial charge is 0.261 e. The van der Waals surface area contributed by atoms with Crippen LogP contribution in [0.3, 0.4) is 0 Å². The minimum atomic E-state index is -3.81. The molecule has 0 aliphatic rings. The van der Waals surface area contributed by atoms with E-state index in [4.69, 9.17) is 11.6 Å². The molecule has 0 aliphatic carbocycles. The van der Waals surface area contributed by atoms with E-state index < -0.39 is 10.0 Å². The Bertz CT molecular complexity index is 1160. The van der Waals surface area contributed by atoms with E-state index in [-0.39, 0.29) is 16.8 Å². The summed E-state index contributed by atoms with van der Waals surface area (Å²) in [5.74, 6) is -0.282. The monoisotopic (exact) mass is 442 g/mol. The second-order valence-corrected chi connectivity index (χ2v) is 9.31. The molecule has 1 amide bonds. The Morgan fingerprint density at radius 1 is 0.933 bits per heavy atom. The topological polar surface area (TPSA) is 75.3 Å². The number of aryl methyl sites for hydroxylation is 2. The van der Waals surface area contributed by atoms with E-state index in [9.17, 15) is 13.2 Å². The van der Waals surface area contributed by atoms with Gasteiger partial charge in [0.2, 0.25) is 0 Å². The maximum absolute atomic E-state index is 12.7. The van der Waals surface area contributed by atoms with Crippen molar-refractivity contribution in [2.24, 2.45) is 0 Å². The summed E-state index contributed by atoms with van der Waals surface area (Å²) >= 11 is 5.84. The number of carbonyl (C=O) groups is 1. The summed E-state index contributed by atoms with van der Waals surface area (Å²) in [6, 6.07) is 18.6. The summed E-state index contributed by atoms with van der Waals surface area (Å²) in [4.78, 5) is 12.8. The van der Waals surface area contributed by atoms with Crippen LogP contribution in [0.5, 0.6) is 0 Å². The van der Waals surface area contributed by atoms with Gasteiger partial charge in [0.15, 0.2) is 0 Å². The molecule has 3 aromatic rings. The third-order valence-electron chi connectivity index (χ3n) is 4.79. The number of hydrogen-bond donors (Lipinski definition) is 2. The lowest BCUT2D eigenvalue weighted by atomic mass is 10.1. The molecule has 5 nitrogen and oxygen atoms in total. The van der Waals surface area contributed by atoms with E-state index in [1.807, 2.05) is 38.1 Å². The van der Waals surface area contributed by atoms with E-state index >= 15 is 0 Å². The molecule has 0 fully saturated rings. The van der Waals surface area contributed by atoms with Gasteiger partial charge in [-0.05, 0) is 68.3 Å². The first-order valence-electron chi connectivity index (χ1n) is 9.42. The van der Waals surface area contributed by atoms with Gasteiger partial charge >= 0.3 is 0 Å². The van der Waals surface area contributed by atoms with Gasteiger partial charge in [-0.2, -0.15) is 0 Å². The highest BCUT2D eigenvalue weighted by atomic mass is 35.5. The maximum atomic E-state index is 12.7. The Kier molecular flexibility index (Phi) is 6.48. The molecule has 0 radical (unpaired) electrons. The minimum absolute atomic E-state index is 0.0918. The van der Waals surface area contributed by atoms with Crippen molar-refractivity contribution in [1.82, 2.24) is 5.32 Å². The van der Waals surface area contributed by atoms with Crippen LogP contribution in [0.1, 0.15) is 40.0 Å². The van der Waals surface area contributed by atoms with Crippen molar-refractivity contribution in [2.75, 3.05) is 4.72 Å². The Labute approximate surface area is 182 Å². The van der Waals surface area contributed by atoms with Crippen molar-refractivity contribution in [3.63, 3.8) is 0 Å². The molecule has 3 rings (SSSR count). The molecule has 0 aliphatic heterocycles. The van der Waals surface area contributed by atoms with E-state index in [1.54, 1.807) is 25.1 Å². The third kappa shape index (κ3) is 5.20. The zero-order chi connectivity index (χ0) is 21.9. The summed E-state index contributed by atoms with van der Waals surface area (Å²) in [5.41, 5.74) is 3.56. The molecule has 0 saturated carbocycles. The lowest BCUT2D eigenvalue weighted by Gasteiger charge is -2.16. The van der Waals surface area contributed by atoms with Gasteiger partial charge in [0.05, 0.1) is 16.6 Å². The van der Waals surface area contributed by atoms with Crippen molar-refractivity contribution < 1.29 is 13.2 Å². The summed E-state index contributed by atoms with van der Waals surface area (Å²) in [5, 5.41) is 3.40. The zero-order valence-corrected chi connectivity index (χ0v) is 18.5. The molecule has 0 heterocycles. The van der Waals surface area contributed by atoms with Crippen molar-refractivity contribution in [3.05, 3.63) is 94.0 Å². The molecule has 156 valence electrons. The van der Waals surface area contributed by atoms with Crippen LogP contribution in [0.2, 0.25) is 5.02 Å². The normalized spacial score (nSPS) is 12.3. The predicted octanol–water partition coefficient (Wildman–Crippen LogP) is 5.25. The first-order valence-corrected chi connectivity index (χ1v) is 11.3. The Balaban J connectivity index is 1.79. The van der Waals surface area contributed by atoms with Gasteiger partial charge in [-0.25, -0.2) is 8.42 Å². The van der Waals surface area contributed by atoms with Gasteiger partial charge in [-0.15, -0.1) is 0 Å². The van der Waals surface area contributed by atoms with Crippen LogP contribution < -0.4 is 10.0 Å². The Morgan fingerprint density at radius 2 is 1.57 bits per heavy atom. The van der Waals surface area contributed by atoms with Gasteiger partial charge in [-0.1, -0.05) is 47.5 Å². The van der Waals surface area contributed by atoms with Crippen molar-refractivity contribution in [2.45, 2.75) is 31.7 Å². The molecular weight excluding hydrogens is 420 g/mol. The van der Waals surface area contributed by atoms with Crippen LogP contribution in [-0.2, 0) is 10.0 Å². The van der Waals surface area contributed by atoms with E-state index in [0.717, 1.165) is 11.1 Å². The summed E-state index contributed by atoms with van der Waals surface area (Å²) < 4.78 is 27.9. The van der Waals surface area contributed by atoms with Crippen LogP contribution in [0.4, 0.5) is 5.69 Å². The highest BCUT2D eigenvalue weighted by Crippen LogP contribution is 2.23. The van der Waals surface area contributed by atoms with Gasteiger partial charge < -0.3 is 5.32 Å². The summed E-state index contributed by atoms with van der Waals surface area (Å²) in [6.07, 6.45) is 0. The van der Waals surface area contributed by atoms with Crippen LogP contribution >= 0.6 is 11.6 Å². The van der Waals surface area contributed by atoms with Crippen molar-refractivity contribution in [3.8, 4) is 0 Å². The molecule has 3 aromatic carbocycles. The molecule has 0 spiro atoms. The quantitative estimate of drug-likeness (QED) is 0.547. The number of amides is 1. The van der Waals surface area contributed by atoms with Crippen LogP contribution in [0.15, 0.2) is 71.6 Å². The maximum Gasteiger partial charge on any atom is 0.261 e. The average molecular weight is 443 g/mol. The fourth-order valence-corrected chi connectivity index (χ4v) is 4.16. The van der Waals surface area contributed by atoms with E-state index in [0.29, 0.717) is 21.8 Å². The lowest BCUT2D eigenvalue weighted by Crippen LogP contribution is -2.26. The Hall–Kier alpha value is -2.83. The van der Waals surface area contributed by atoms with Gasteiger partial charge in [-0.3, -0.25) is 9.52 Å². The van der Waals surface area contributed by atoms with E-state index in [1.165, 1.54) is 24.3 Å². The second kappa shape index (κ2) is 8.90. The number of halogens is 1. The molecule has 2 N–H and O–H groups in total. The fourth-order valence-electron chi connectivity index (χ4n) is 2.91. The largest absolute Gasteiger partial charge is 0.346 e. The van der Waals surface area contributed by atoms with Crippen LogP contribution in [0, 0.1) is 13.8 Å². The summed E-state index contributed by atoms with van der Waals surface area (Å²) in [6.45, 7) is 5.68. The average Bonchev–Trinajstić information content (AvgIpc) is 2.70. The molecule has 0 unspecified atom stereocenters. The number of anilines is 1. The number of carbonyl (C=O) groups excluding carboxylic acids is 1. The number of rotatable bonds is 6. The fraction of sp³-hybridized carbons (Fsp3) is 0.174. The molecule has 7 heteroatoms. The molecule has 0 saturated heterocycles. The van der Waals surface area contributed by atoms with Gasteiger partial charge in [0.1, 0.15) is 0 Å². The van der Waals surface area contributed by atoms with Crippen molar-refractivity contribution in [1.29, 1.82) is 0 Å². The number of nitrogens with one attached hydrogen (secondary N) is 2. The SMILES string of the molecule is Cc1ccc([C@@H](C)NC(=O)c2ccc(C)c(NS(=O)(=O)c3ccc(Cl)cc3)c2)cc1. The number of benzene rings is 3. The Morgan fingerprint density at radius 3 is 2.20 bits per heavy atom. The molecule has 1 atom stereocenters. The minimum Gasteiger partial charge on any atom is -0.346 e. The zero-order valence-electron chi connectivity index (χ0n) is 16.9. The van der Waals surface area contributed by atoms with Gasteiger partial charge in [0.25, 0.3) is 15.9 Å². The third-order valence-corrected chi connectivity index (χ3v) is 6.43. The molecule has 30 heavy (non-hydrogen) atoms. The second-order valence-electron chi connectivity index (χ2n) is 7.19. The van der Waals surface area contributed by atoms with Crippen LogP contribution in [-0.4, -0.2) is 14.3 Å². The van der Waals surface area contributed by atoms with Crippen molar-refractivity contribution >= 4 is 33.2 Å². The highest BCUT2D eigenvalue weighted by Gasteiger charge is 2.17. The lowest BCUT2D eigenvalue weighted by molar-refractivity contribution is 0.0940. The van der Waals surface area contributed by atoms with Crippen LogP contribution in [0.25, 0.3) is 0 Å². The first kappa shape index (κ1) is 21.9.